The second-order valence-electron chi connectivity index (χ2n) is 5.27. The fraction of sp³-hybridized carbons (Fsp3) is 0.857. The van der Waals surface area contributed by atoms with Crippen molar-refractivity contribution in [2.24, 2.45) is 11.8 Å². The molecule has 2 nitrogen and oxygen atoms in total. The highest BCUT2D eigenvalue weighted by Crippen LogP contribution is 2.41. The van der Waals surface area contributed by atoms with Crippen molar-refractivity contribution in [3.8, 4) is 12.3 Å². The van der Waals surface area contributed by atoms with Crippen LogP contribution in [0.4, 0.5) is 0 Å². The van der Waals surface area contributed by atoms with Crippen LogP contribution in [-0.2, 0) is 9.47 Å². The molecule has 2 fully saturated rings. The third kappa shape index (κ3) is 2.26. The number of hydrogen-bond donors (Lipinski definition) is 0. The van der Waals surface area contributed by atoms with Gasteiger partial charge in [-0.2, -0.15) is 0 Å². The molecule has 0 aliphatic carbocycles. The zero-order valence-corrected chi connectivity index (χ0v) is 10.4. The number of terminal acetylenes is 1. The molecule has 0 amide bonds. The molecule has 2 aliphatic heterocycles. The van der Waals surface area contributed by atoms with Gasteiger partial charge in [-0.3, -0.25) is 0 Å². The number of ether oxygens (including phenoxy) is 2. The summed E-state index contributed by atoms with van der Waals surface area (Å²) in [6.07, 6.45) is 11.3. The third-order valence-electron chi connectivity index (χ3n) is 3.97. The highest BCUT2D eigenvalue weighted by molar-refractivity contribution is 4.98. The van der Waals surface area contributed by atoms with Crippen LogP contribution < -0.4 is 0 Å². The van der Waals surface area contributed by atoms with Gasteiger partial charge in [-0.05, 0) is 32.1 Å². The van der Waals surface area contributed by atoms with Gasteiger partial charge in [0.05, 0.1) is 12.7 Å². The van der Waals surface area contributed by atoms with E-state index in [0.717, 1.165) is 32.3 Å². The highest BCUT2D eigenvalue weighted by Gasteiger charge is 2.43. The molecule has 0 aromatic rings. The van der Waals surface area contributed by atoms with Gasteiger partial charge in [0, 0.05) is 18.8 Å². The molecule has 2 rings (SSSR count). The van der Waals surface area contributed by atoms with E-state index >= 15 is 0 Å². The van der Waals surface area contributed by atoms with Crippen LogP contribution in [0.3, 0.4) is 0 Å². The maximum absolute atomic E-state index is 6.22. The molecule has 0 saturated carbocycles. The van der Waals surface area contributed by atoms with Crippen molar-refractivity contribution in [2.45, 2.75) is 57.8 Å². The Bertz CT molecular complexity index is 273. The summed E-state index contributed by atoms with van der Waals surface area (Å²) in [6.45, 7) is 5.14. The summed E-state index contributed by atoms with van der Waals surface area (Å²) in [7, 11) is 0. The Kier molecular flexibility index (Phi) is 3.56. The fourth-order valence-corrected chi connectivity index (χ4v) is 2.84. The van der Waals surface area contributed by atoms with Crippen LogP contribution in [0.15, 0.2) is 0 Å². The standard InChI is InChI=1S/C14H22O2/c1-4-11(2)13-12(3)7-9-14(16-13)8-5-6-10-15-14/h1,11-13H,5-10H2,2-3H3/t11?,12-,13-,14+/m1/s1. The molecule has 0 bridgehead atoms. The molecule has 2 aliphatic rings. The lowest BCUT2D eigenvalue weighted by Crippen LogP contribution is -2.49. The molecule has 1 unspecified atom stereocenters. The number of hydrogen-bond acceptors (Lipinski definition) is 2. The van der Waals surface area contributed by atoms with Gasteiger partial charge in [0.25, 0.3) is 0 Å². The van der Waals surface area contributed by atoms with Gasteiger partial charge in [0.1, 0.15) is 0 Å². The molecule has 2 saturated heterocycles. The van der Waals surface area contributed by atoms with E-state index in [2.05, 4.69) is 19.8 Å². The normalized spacial score (nSPS) is 41.6. The van der Waals surface area contributed by atoms with Crippen LogP contribution in [0.25, 0.3) is 0 Å². The summed E-state index contributed by atoms with van der Waals surface area (Å²) in [5, 5.41) is 0. The predicted molar refractivity (Wildman–Crippen MR) is 63.8 cm³/mol. The van der Waals surface area contributed by atoms with Gasteiger partial charge in [-0.25, -0.2) is 0 Å². The summed E-state index contributed by atoms with van der Waals surface area (Å²) >= 11 is 0. The van der Waals surface area contributed by atoms with Crippen LogP contribution in [0.5, 0.6) is 0 Å². The summed E-state index contributed by atoms with van der Waals surface area (Å²) in [6, 6.07) is 0. The lowest BCUT2D eigenvalue weighted by Gasteiger charge is -2.46. The lowest BCUT2D eigenvalue weighted by molar-refractivity contribution is -0.308. The van der Waals surface area contributed by atoms with Crippen molar-refractivity contribution < 1.29 is 9.47 Å². The van der Waals surface area contributed by atoms with Crippen molar-refractivity contribution in [2.75, 3.05) is 6.61 Å². The van der Waals surface area contributed by atoms with Gasteiger partial charge >= 0.3 is 0 Å². The Balaban J connectivity index is 2.06. The summed E-state index contributed by atoms with van der Waals surface area (Å²) in [4.78, 5) is 0. The van der Waals surface area contributed by atoms with E-state index in [1.54, 1.807) is 0 Å². The molecule has 0 aromatic heterocycles. The minimum absolute atomic E-state index is 0.164. The molecule has 16 heavy (non-hydrogen) atoms. The lowest BCUT2D eigenvalue weighted by atomic mass is 9.84. The van der Waals surface area contributed by atoms with Crippen molar-refractivity contribution in [1.82, 2.24) is 0 Å². The van der Waals surface area contributed by atoms with E-state index in [1.165, 1.54) is 6.42 Å². The topological polar surface area (TPSA) is 18.5 Å². The predicted octanol–water partition coefficient (Wildman–Crippen LogP) is 2.97. The van der Waals surface area contributed by atoms with Crippen LogP contribution in [0.2, 0.25) is 0 Å². The first-order valence-electron chi connectivity index (χ1n) is 6.45. The quantitative estimate of drug-likeness (QED) is 0.635. The van der Waals surface area contributed by atoms with Crippen LogP contribution in [0, 0.1) is 24.2 Å². The Labute approximate surface area is 98.7 Å². The second kappa shape index (κ2) is 4.77. The van der Waals surface area contributed by atoms with E-state index in [9.17, 15) is 0 Å². The smallest absolute Gasteiger partial charge is 0.168 e. The molecule has 1 spiro atoms. The minimum Gasteiger partial charge on any atom is -0.350 e. The van der Waals surface area contributed by atoms with E-state index in [1.807, 2.05) is 0 Å². The molecular formula is C14H22O2. The second-order valence-corrected chi connectivity index (χ2v) is 5.27. The van der Waals surface area contributed by atoms with Crippen molar-refractivity contribution >= 4 is 0 Å². The van der Waals surface area contributed by atoms with Gasteiger partial charge < -0.3 is 9.47 Å². The molecule has 2 heterocycles. The highest BCUT2D eigenvalue weighted by atomic mass is 16.7. The van der Waals surface area contributed by atoms with E-state index < -0.39 is 0 Å². The molecule has 2 heteroatoms. The van der Waals surface area contributed by atoms with Crippen LogP contribution >= 0.6 is 0 Å². The average molecular weight is 222 g/mol. The summed E-state index contributed by atoms with van der Waals surface area (Å²) in [5.74, 6) is 3.22. The zero-order valence-electron chi connectivity index (χ0n) is 10.4. The molecule has 4 atom stereocenters. The molecule has 90 valence electrons. The van der Waals surface area contributed by atoms with Crippen molar-refractivity contribution in [3.63, 3.8) is 0 Å². The zero-order chi connectivity index (χ0) is 11.6. The van der Waals surface area contributed by atoms with Gasteiger partial charge in [0.15, 0.2) is 5.79 Å². The first-order valence-corrected chi connectivity index (χ1v) is 6.45. The molecule has 0 N–H and O–H groups in total. The fourth-order valence-electron chi connectivity index (χ4n) is 2.84. The van der Waals surface area contributed by atoms with Gasteiger partial charge in [-0.1, -0.05) is 6.92 Å². The Morgan fingerprint density at radius 2 is 2.19 bits per heavy atom. The monoisotopic (exact) mass is 222 g/mol. The minimum atomic E-state index is -0.305. The SMILES string of the molecule is C#CC(C)[C@H]1O[C@@]2(CCCCO2)CC[C@H]1C. The van der Waals surface area contributed by atoms with Gasteiger partial charge in [0.2, 0.25) is 0 Å². The van der Waals surface area contributed by atoms with E-state index in [4.69, 9.17) is 15.9 Å². The average Bonchev–Trinajstić information content (AvgIpc) is 2.33. The largest absolute Gasteiger partial charge is 0.350 e. The molecule has 0 aromatic carbocycles. The first-order chi connectivity index (χ1) is 7.67. The first kappa shape index (κ1) is 12.0. The van der Waals surface area contributed by atoms with E-state index in [0.29, 0.717) is 5.92 Å². The van der Waals surface area contributed by atoms with Crippen molar-refractivity contribution in [3.05, 3.63) is 0 Å². The van der Waals surface area contributed by atoms with Gasteiger partial charge in [-0.15, -0.1) is 12.3 Å². The third-order valence-corrected chi connectivity index (χ3v) is 3.97. The Hall–Kier alpha value is -0.520. The summed E-state index contributed by atoms with van der Waals surface area (Å²) in [5.41, 5.74) is 0. The van der Waals surface area contributed by atoms with Crippen LogP contribution in [-0.4, -0.2) is 18.5 Å². The van der Waals surface area contributed by atoms with Crippen LogP contribution in [0.1, 0.15) is 46.0 Å². The summed E-state index contributed by atoms with van der Waals surface area (Å²) < 4.78 is 12.1. The maximum Gasteiger partial charge on any atom is 0.168 e. The molecular weight excluding hydrogens is 200 g/mol. The maximum atomic E-state index is 6.22. The number of rotatable bonds is 1. The Morgan fingerprint density at radius 3 is 2.81 bits per heavy atom. The molecule has 0 radical (unpaired) electrons. The van der Waals surface area contributed by atoms with Crippen molar-refractivity contribution in [1.29, 1.82) is 0 Å². The Morgan fingerprint density at radius 1 is 1.38 bits per heavy atom. The van der Waals surface area contributed by atoms with E-state index in [-0.39, 0.29) is 17.8 Å².